The number of hydrogen-bond donors (Lipinski definition) is 1. The molecule has 5 nitrogen and oxygen atoms in total. The molecule has 2 amide bonds. The van der Waals surface area contributed by atoms with Gasteiger partial charge in [0.1, 0.15) is 11.4 Å². The van der Waals surface area contributed by atoms with Gasteiger partial charge in [-0.25, -0.2) is 4.90 Å². The molecule has 0 aliphatic carbocycles. The molecule has 0 unspecified atom stereocenters. The highest BCUT2D eigenvalue weighted by Crippen LogP contribution is 2.35. The van der Waals surface area contributed by atoms with Gasteiger partial charge in [0, 0.05) is 11.8 Å². The maximum Gasteiger partial charge on any atom is 0.282 e. The summed E-state index contributed by atoms with van der Waals surface area (Å²) in [5.41, 5.74) is 4.76. The minimum atomic E-state index is -0.389. The van der Waals surface area contributed by atoms with E-state index in [2.05, 4.69) is 5.32 Å². The molecule has 0 atom stereocenters. The second-order valence-corrected chi connectivity index (χ2v) is 7.83. The molecule has 3 aromatic rings. The lowest BCUT2D eigenvalue weighted by molar-refractivity contribution is -0.120. The molecule has 0 spiro atoms. The Labute approximate surface area is 188 Å². The van der Waals surface area contributed by atoms with E-state index in [1.807, 2.05) is 75.4 Å². The van der Waals surface area contributed by atoms with Crippen molar-refractivity contribution in [2.24, 2.45) is 0 Å². The third kappa shape index (κ3) is 4.14. The number of imide groups is 1. The first-order valence-corrected chi connectivity index (χ1v) is 10.7. The molecule has 5 heteroatoms. The molecule has 0 bridgehead atoms. The third-order valence-corrected chi connectivity index (χ3v) is 5.47. The number of carbonyl (C=O) groups is 2. The molecule has 162 valence electrons. The van der Waals surface area contributed by atoms with Gasteiger partial charge in [0.05, 0.1) is 17.9 Å². The van der Waals surface area contributed by atoms with Gasteiger partial charge < -0.3 is 10.1 Å². The summed E-state index contributed by atoms with van der Waals surface area (Å²) in [4.78, 5) is 28.3. The molecule has 1 aliphatic rings. The average Bonchev–Trinajstić information content (AvgIpc) is 3.04. The largest absolute Gasteiger partial charge is 0.494 e. The van der Waals surface area contributed by atoms with E-state index < -0.39 is 0 Å². The van der Waals surface area contributed by atoms with E-state index in [9.17, 15) is 9.59 Å². The molecule has 1 N–H and O–H groups in total. The molecular weight excluding hydrogens is 400 g/mol. The van der Waals surface area contributed by atoms with Crippen LogP contribution in [-0.2, 0) is 9.59 Å². The van der Waals surface area contributed by atoms with E-state index in [0.29, 0.717) is 29.2 Å². The monoisotopic (exact) mass is 426 g/mol. The minimum Gasteiger partial charge on any atom is -0.494 e. The van der Waals surface area contributed by atoms with E-state index in [-0.39, 0.29) is 17.5 Å². The number of hydrogen-bond acceptors (Lipinski definition) is 4. The highest BCUT2D eigenvalue weighted by atomic mass is 16.5. The van der Waals surface area contributed by atoms with Gasteiger partial charge in [0.25, 0.3) is 11.8 Å². The van der Waals surface area contributed by atoms with Crippen molar-refractivity contribution in [2.45, 2.75) is 27.2 Å². The number of amides is 2. The smallest absolute Gasteiger partial charge is 0.282 e. The summed E-state index contributed by atoms with van der Waals surface area (Å²) in [6.45, 7) is 6.61. The number of benzene rings is 3. The molecule has 4 rings (SSSR count). The van der Waals surface area contributed by atoms with Gasteiger partial charge in [0.15, 0.2) is 0 Å². The van der Waals surface area contributed by atoms with Gasteiger partial charge in [-0.1, -0.05) is 49.4 Å². The number of para-hydroxylation sites is 1. The maximum atomic E-state index is 13.6. The number of aryl methyl sites for hydroxylation is 2. The number of anilines is 2. The molecular formula is C27H26N2O3. The first kappa shape index (κ1) is 21.4. The molecule has 3 aromatic carbocycles. The van der Waals surface area contributed by atoms with Gasteiger partial charge in [-0.05, 0) is 61.2 Å². The Morgan fingerprint density at radius 1 is 0.844 bits per heavy atom. The van der Waals surface area contributed by atoms with E-state index >= 15 is 0 Å². The summed E-state index contributed by atoms with van der Waals surface area (Å²) >= 11 is 0. The average molecular weight is 427 g/mol. The van der Waals surface area contributed by atoms with Crippen LogP contribution < -0.4 is 15.0 Å². The molecule has 0 radical (unpaired) electrons. The summed E-state index contributed by atoms with van der Waals surface area (Å²) in [6, 6.07) is 22.3. The van der Waals surface area contributed by atoms with Gasteiger partial charge in [-0.15, -0.1) is 0 Å². The van der Waals surface area contributed by atoms with Gasteiger partial charge in [-0.3, -0.25) is 9.59 Å². The second kappa shape index (κ2) is 9.10. The van der Waals surface area contributed by atoms with Crippen LogP contribution in [0.3, 0.4) is 0 Å². The molecule has 1 aliphatic heterocycles. The zero-order valence-corrected chi connectivity index (χ0v) is 18.5. The lowest BCUT2D eigenvalue weighted by Gasteiger charge is -2.16. The van der Waals surface area contributed by atoms with Crippen LogP contribution >= 0.6 is 0 Å². The number of nitrogens with one attached hydrogen (secondary N) is 1. The highest BCUT2D eigenvalue weighted by Gasteiger charge is 2.40. The molecule has 0 aromatic heterocycles. The van der Waals surface area contributed by atoms with Crippen molar-refractivity contribution in [1.82, 2.24) is 0 Å². The summed E-state index contributed by atoms with van der Waals surface area (Å²) < 4.78 is 5.71. The summed E-state index contributed by atoms with van der Waals surface area (Å²) in [5, 5.41) is 3.19. The Kier molecular flexibility index (Phi) is 6.08. The van der Waals surface area contributed by atoms with Gasteiger partial charge >= 0.3 is 0 Å². The lowest BCUT2D eigenvalue weighted by Crippen LogP contribution is -2.32. The van der Waals surface area contributed by atoms with Crippen LogP contribution in [0.15, 0.2) is 78.5 Å². The fourth-order valence-corrected chi connectivity index (χ4v) is 3.64. The van der Waals surface area contributed by atoms with Crippen molar-refractivity contribution in [2.75, 3.05) is 16.8 Å². The van der Waals surface area contributed by atoms with Crippen molar-refractivity contribution in [3.8, 4) is 5.75 Å². The Morgan fingerprint density at radius 3 is 2.34 bits per heavy atom. The number of carbonyl (C=O) groups excluding carboxylic acids is 2. The first-order chi connectivity index (χ1) is 15.5. The van der Waals surface area contributed by atoms with Gasteiger partial charge in [0.2, 0.25) is 0 Å². The molecule has 1 heterocycles. The lowest BCUT2D eigenvalue weighted by atomic mass is 9.99. The van der Waals surface area contributed by atoms with Crippen LogP contribution in [0.5, 0.6) is 5.75 Å². The Hall–Kier alpha value is -3.86. The Balaban J connectivity index is 1.78. The van der Waals surface area contributed by atoms with E-state index in [1.54, 1.807) is 18.2 Å². The fourth-order valence-electron chi connectivity index (χ4n) is 3.64. The third-order valence-electron chi connectivity index (χ3n) is 5.47. The first-order valence-electron chi connectivity index (χ1n) is 10.7. The topological polar surface area (TPSA) is 58.6 Å². The highest BCUT2D eigenvalue weighted by molar-refractivity contribution is 6.46. The van der Waals surface area contributed by atoms with Crippen LogP contribution in [0.1, 0.15) is 30.0 Å². The van der Waals surface area contributed by atoms with Crippen LogP contribution in [-0.4, -0.2) is 18.4 Å². The quantitative estimate of drug-likeness (QED) is 0.508. The maximum absolute atomic E-state index is 13.6. The fraction of sp³-hybridized carbons (Fsp3) is 0.185. The standard InChI is InChI=1S/C27H26N2O3/c1-4-15-32-23-12-8-11-22(17-23)29-26(30)24(20-14-13-18(2)19(3)16-20)25(27(29)31)28-21-9-6-5-7-10-21/h5-14,16-17,28H,4,15H2,1-3H3. The van der Waals surface area contributed by atoms with Crippen molar-refractivity contribution < 1.29 is 14.3 Å². The number of nitrogens with zero attached hydrogens (tertiary/aromatic N) is 1. The predicted molar refractivity (Wildman–Crippen MR) is 128 cm³/mol. The summed E-state index contributed by atoms with van der Waals surface area (Å²) in [6.07, 6.45) is 0.870. The van der Waals surface area contributed by atoms with Crippen LogP contribution in [0.2, 0.25) is 0 Å². The zero-order valence-electron chi connectivity index (χ0n) is 18.5. The van der Waals surface area contributed by atoms with E-state index in [1.165, 1.54) is 4.90 Å². The molecule has 0 saturated heterocycles. The van der Waals surface area contributed by atoms with Crippen LogP contribution in [0.25, 0.3) is 5.57 Å². The van der Waals surface area contributed by atoms with Crippen LogP contribution in [0.4, 0.5) is 11.4 Å². The Bertz CT molecular complexity index is 1200. The van der Waals surface area contributed by atoms with E-state index in [0.717, 1.165) is 23.2 Å². The molecule has 0 saturated carbocycles. The second-order valence-electron chi connectivity index (χ2n) is 7.83. The van der Waals surface area contributed by atoms with Crippen molar-refractivity contribution >= 4 is 28.8 Å². The molecule has 32 heavy (non-hydrogen) atoms. The van der Waals surface area contributed by atoms with Crippen molar-refractivity contribution in [3.63, 3.8) is 0 Å². The SMILES string of the molecule is CCCOc1cccc(N2C(=O)C(Nc3ccccc3)=C(c3ccc(C)c(C)c3)C2=O)c1. The predicted octanol–water partition coefficient (Wildman–Crippen LogP) is 5.49. The zero-order chi connectivity index (χ0) is 22.7. The normalized spacial score (nSPS) is 13.7. The van der Waals surface area contributed by atoms with Crippen LogP contribution in [0, 0.1) is 13.8 Å². The van der Waals surface area contributed by atoms with Crippen molar-refractivity contribution in [1.29, 1.82) is 0 Å². The van der Waals surface area contributed by atoms with Gasteiger partial charge in [-0.2, -0.15) is 0 Å². The number of ether oxygens (including phenoxy) is 1. The molecule has 0 fully saturated rings. The summed E-state index contributed by atoms with van der Waals surface area (Å²) in [5.74, 6) is -0.119. The number of rotatable bonds is 7. The minimum absolute atomic E-state index is 0.268. The summed E-state index contributed by atoms with van der Waals surface area (Å²) in [7, 11) is 0. The van der Waals surface area contributed by atoms with E-state index in [4.69, 9.17) is 4.74 Å². The Morgan fingerprint density at radius 2 is 1.62 bits per heavy atom. The van der Waals surface area contributed by atoms with Crippen molar-refractivity contribution in [3.05, 3.63) is 95.2 Å².